The van der Waals surface area contributed by atoms with E-state index in [1.54, 1.807) is 7.11 Å². The predicted molar refractivity (Wildman–Crippen MR) is 78.4 cm³/mol. The van der Waals surface area contributed by atoms with Gasteiger partial charge in [-0.25, -0.2) is 0 Å². The molecule has 18 heavy (non-hydrogen) atoms. The second kappa shape index (κ2) is 5.90. The molecule has 2 aromatic carbocycles. The molecule has 0 fully saturated rings. The fourth-order valence-corrected chi connectivity index (χ4v) is 2.76. The molecule has 0 aromatic heterocycles. The molecule has 1 heteroatoms. The van der Waals surface area contributed by atoms with E-state index in [-0.39, 0.29) is 0 Å². The summed E-state index contributed by atoms with van der Waals surface area (Å²) >= 11 is 0. The molecular weight excluding hydrogens is 220 g/mol. The van der Waals surface area contributed by atoms with Crippen LogP contribution < -0.4 is 4.74 Å². The van der Waals surface area contributed by atoms with Gasteiger partial charge in [0.1, 0.15) is 5.75 Å². The van der Waals surface area contributed by atoms with Crippen LogP contribution in [0.15, 0.2) is 36.4 Å². The van der Waals surface area contributed by atoms with Gasteiger partial charge >= 0.3 is 0 Å². The summed E-state index contributed by atoms with van der Waals surface area (Å²) in [5.41, 5.74) is 1.47. The van der Waals surface area contributed by atoms with Crippen LogP contribution in [0.25, 0.3) is 10.8 Å². The van der Waals surface area contributed by atoms with Gasteiger partial charge in [-0.2, -0.15) is 0 Å². The lowest BCUT2D eigenvalue weighted by Gasteiger charge is -2.18. The number of ether oxygens (including phenoxy) is 1. The molecule has 0 N–H and O–H groups in total. The van der Waals surface area contributed by atoms with Crippen LogP contribution in [0, 0.1) is 0 Å². The van der Waals surface area contributed by atoms with Crippen LogP contribution in [-0.4, -0.2) is 7.11 Å². The minimum absolute atomic E-state index is 0.658. The third-order valence-corrected chi connectivity index (χ3v) is 3.71. The van der Waals surface area contributed by atoms with Crippen molar-refractivity contribution in [2.75, 3.05) is 7.11 Å². The van der Waals surface area contributed by atoms with Crippen LogP contribution in [0.2, 0.25) is 0 Å². The van der Waals surface area contributed by atoms with Crippen LogP contribution in [-0.2, 0) is 0 Å². The maximum Gasteiger partial charge on any atom is 0.126 e. The van der Waals surface area contributed by atoms with Crippen molar-refractivity contribution in [1.82, 2.24) is 0 Å². The van der Waals surface area contributed by atoms with Gasteiger partial charge in [0.25, 0.3) is 0 Å². The minimum atomic E-state index is 0.658. The molecular formula is C17H22O. The van der Waals surface area contributed by atoms with Gasteiger partial charge < -0.3 is 4.74 Å². The SMILES string of the molecule is CCCC(CC)c1ccc(OC)c2ccccc12. The van der Waals surface area contributed by atoms with Gasteiger partial charge in [-0.05, 0) is 35.8 Å². The van der Waals surface area contributed by atoms with E-state index in [1.807, 2.05) is 0 Å². The molecule has 1 nitrogen and oxygen atoms in total. The highest BCUT2D eigenvalue weighted by atomic mass is 16.5. The first-order chi connectivity index (χ1) is 8.81. The van der Waals surface area contributed by atoms with E-state index in [0.29, 0.717) is 5.92 Å². The molecule has 96 valence electrons. The van der Waals surface area contributed by atoms with Gasteiger partial charge in [0.05, 0.1) is 7.11 Å². The Kier molecular flexibility index (Phi) is 4.24. The van der Waals surface area contributed by atoms with Crippen molar-refractivity contribution in [3.63, 3.8) is 0 Å². The van der Waals surface area contributed by atoms with Crippen molar-refractivity contribution in [3.8, 4) is 5.75 Å². The Labute approximate surface area is 110 Å². The molecule has 0 bridgehead atoms. The van der Waals surface area contributed by atoms with Crippen LogP contribution >= 0.6 is 0 Å². The van der Waals surface area contributed by atoms with E-state index in [1.165, 1.54) is 35.6 Å². The summed E-state index contributed by atoms with van der Waals surface area (Å²) in [5.74, 6) is 1.63. The smallest absolute Gasteiger partial charge is 0.126 e. The Morgan fingerprint density at radius 2 is 1.72 bits per heavy atom. The molecule has 1 atom stereocenters. The predicted octanol–water partition coefficient (Wildman–Crippen LogP) is 5.14. The zero-order valence-electron chi connectivity index (χ0n) is 11.6. The molecule has 0 aliphatic carbocycles. The van der Waals surface area contributed by atoms with E-state index in [4.69, 9.17) is 4.74 Å². The Balaban J connectivity index is 2.58. The molecule has 0 aliphatic heterocycles. The van der Waals surface area contributed by atoms with E-state index in [0.717, 1.165) is 5.75 Å². The first-order valence-corrected chi connectivity index (χ1v) is 6.87. The molecule has 0 spiro atoms. The molecule has 0 heterocycles. The molecule has 0 saturated heterocycles. The third kappa shape index (κ3) is 2.35. The topological polar surface area (TPSA) is 9.23 Å². The van der Waals surface area contributed by atoms with Gasteiger partial charge in [0.2, 0.25) is 0 Å². The maximum absolute atomic E-state index is 5.46. The summed E-state index contributed by atoms with van der Waals surface area (Å²) in [6.07, 6.45) is 3.69. The highest BCUT2D eigenvalue weighted by molar-refractivity contribution is 5.91. The number of benzene rings is 2. The average Bonchev–Trinajstić information content (AvgIpc) is 2.44. The first-order valence-electron chi connectivity index (χ1n) is 6.87. The molecule has 2 rings (SSSR count). The zero-order chi connectivity index (χ0) is 13.0. The van der Waals surface area contributed by atoms with E-state index in [2.05, 4.69) is 50.2 Å². The fraction of sp³-hybridized carbons (Fsp3) is 0.412. The highest BCUT2D eigenvalue weighted by Crippen LogP contribution is 2.35. The van der Waals surface area contributed by atoms with Crippen molar-refractivity contribution < 1.29 is 4.74 Å². The summed E-state index contributed by atoms with van der Waals surface area (Å²) < 4.78 is 5.46. The lowest BCUT2D eigenvalue weighted by atomic mass is 9.88. The van der Waals surface area contributed by atoms with Crippen molar-refractivity contribution in [1.29, 1.82) is 0 Å². The molecule has 2 aromatic rings. The lowest BCUT2D eigenvalue weighted by molar-refractivity contribution is 0.419. The first kappa shape index (κ1) is 12.9. The number of hydrogen-bond acceptors (Lipinski definition) is 1. The standard InChI is InChI=1S/C17H22O/c1-4-8-13(5-2)14-11-12-17(18-3)16-10-7-6-9-15(14)16/h6-7,9-13H,4-5,8H2,1-3H3. The molecule has 0 aliphatic rings. The summed E-state index contributed by atoms with van der Waals surface area (Å²) in [6.45, 7) is 4.54. The van der Waals surface area contributed by atoms with Crippen LogP contribution in [0.4, 0.5) is 0 Å². The van der Waals surface area contributed by atoms with E-state index in [9.17, 15) is 0 Å². The monoisotopic (exact) mass is 242 g/mol. The van der Waals surface area contributed by atoms with Crippen molar-refractivity contribution in [2.24, 2.45) is 0 Å². The van der Waals surface area contributed by atoms with E-state index >= 15 is 0 Å². The maximum atomic E-state index is 5.46. The Hall–Kier alpha value is -1.50. The summed E-state index contributed by atoms with van der Waals surface area (Å²) in [6, 6.07) is 12.9. The quantitative estimate of drug-likeness (QED) is 0.705. The number of fused-ring (bicyclic) bond motifs is 1. The molecule has 0 saturated carbocycles. The van der Waals surface area contributed by atoms with Gasteiger partial charge in [-0.1, -0.05) is 50.6 Å². The largest absolute Gasteiger partial charge is 0.496 e. The van der Waals surface area contributed by atoms with Gasteiger partial charge in [0.15, 0.2) is 0 Å². The second-order valence-corrected chi connectivity index (χ2v) is 4.80. The van der Waals surface area contributed by atoms with Crippen molar-refractivity contribution in [3.05, 3.63) is 42.0 Å². The lowest BCUT2D eigenvalue weighted by Crippen LogP contribution is -1.99. The van der Waals surface area contributed by atoms with E-state index < -0.39 is 0 Å². The van der Waals surface area contributed by atoms with Crippen molar-refractivity contribution >= 4 is 10.8 Å². The van der Waals surface area contributed by atoms with Crippen LogP contribution in [0.5, 0.6) is 5.75 Å². The Morgan fingerprint density at radius 3 is 2.33 bits per heavy atom. The normalized spacial score (nSPS) is 12.6. The highest BCUT2D eigenvalue weighted by Gasteiger charge is 2.13. The number of methoxy groups -OCH3 is 1. The van der Waals surface area contributed by atoms with Crippen LogP contribution in [0.1, 0.15) is 44.6 Å². The van der Waals surface area contributed by atoms with Gasteiger partial charge in [-0.15, -0.1) is 0 Å². The molecule has 0 amide bonds. The Morgan fingerprint density at radius 1 is 1.00 bits per heavy atom. The Bertz CT molecular complexity index is 516. The molecule has 0 radical (unpaired) electrons. The summed E-state index contributed by atoms with van der Waals surface area (Å²) in [7, 11) is 1.74. The third-order valence-electron chi connectivity index (χ3n) is 3.71. The number of rotatable bonds is 5. The average molecular weight is 242 g/mol. The van der Waals surface area contributed by atoms with Crippen molar-refractivity contribution in [2.45, 2.75) is 39.0 Å². The summed E-state index contributed by atoms with van der Waals surface area (Å²) in [5, 5.41) is 2.57. The van der Waals surface area contributed by atoms with Gasteiger partial charge in [0, 0.05) is 5.39 Å². The minimum Gasteiger partial charge on any atom is -0.496 e. The fourth-order valence-electron chi connectivity index (χ4n) is 2.76. The van der Waals surface area contributed by atoms with Gasteiger partial charge in [-0.3, -0.25) is 0 Å². The van der Waals surface area contributed by atoms with Crippen LogP contribution in [0.3, 0.4) is 0 Å². The number of hydrogen-bond donors (Lipinski definition) is 0. The molecule has 1 unspecified atom stereocenters. The second-order valence-electron chi connectivity index (χ2n) is 4.80. The zero-order valence-corrected chi connectivity index (χ0v) is 11.6. The summed E-state index contributed by atoms with van der Waals surface area (Å²) in [4.78, 5) is 0.